The number of benzene rings is 1. The molecule has 0 fully saturated rings. The van der Waals surface area contributed by atoms with Gasteiger partial charge >= 0.3 is 5.97 Å². The molecule has 0 unspecified atom stereocenters. The van der Waals surface area contributed by atoms with Gasteiger partial charge in [-0.1, -0.05) is 0 Å². The SMILES string of the molecule is CCOC(=O)CCN(CCC#N)C(=O)c1ccc(F)c(F)c1. The van der Waals surface area contributed by atoms with E-state index in [1.165, 1.54) is 4.90 Å². The van der Waals surface area contributed by atoms with E-state index in [-0.39, 0.29) is 38.1 Å². The highest BCUT2D eigenvalue weighted by molar-refractivity contribution is 5.94. The lowest BCUT2D eigenvalue weighted by Crippen LogP contribution is -2.34. The van der Waals surface area contributed by atoms with Crippen molar-refractivity contribution in [1.82, 2.24) is 4.90 Å². The third-order valence-electron chi connectivity index (χ3n) is 2.84. The van der Waals surface area contributed by atoms with E-state index >= 15 is 0 Å². The van der Waals surface area contributed by atoms with Gasteiger partial charge in [0.1, 0.15) is 0 Å². The molecule has 118 valence electrons. The summed E-state index contributed by atoms with van der Waals surface area (Å²) in [6.07, 6.45) is 0.0347. The first-order chi connectivity index (χ1) is 10.5. The van der Waals surface area contributed by atoms with Crippen molar-refractivity contribution in [2.75, 3.05) is 19.7 Å². The van der Waals surface area contributed by atoms with Crippen molar-refractivity contribution >= 4 is 11.9 Å². The molecule has 0 aliphatic carbocycles. The van der Waals surface area contributed by atoms with Gasteiger partial charge < -0.3 is 9.64 Å². The summed E-state index contributed by atoms with van der Waals surface area (Å²) in [4.78, 5) is 24.8. The van der Waals surface area contributed by atoms with Crippen molar-refractivity contribution < 1.29 is 23.1 Å². The largest absolute Gasteiger partial charge is 0.466 e. The molecule has 1 amide bonds. The summed E-state index contributed by atoms with van der Waals surface area (Å²) in [6, 6.07) is 4.70. The van der Waals surface area contributed by atoms with Crippen molar-refractivity contribution in [2.45, 2.75) is 19.8 Å². The van der Waals surface area contributed by atoms with Gasteiger partial charge in [0.25, 0.3) is 5.91 Å². The average molecular weight is 310 g/mol. The number of nitriles is 1. The summed E-state index contributed by atoms with van der Waals surface area (Å²) in [5.74, 6) is -3.22. The first kappa shape index (κ1) is 17.6. The Morgan fingerprint density at radius 3 is 2.59 bits per heavy atom. The first-order valence-electron chi connectivity index (χ1n) is 6.76. The average Bonchev–Trinajstić information content (AvgIpc) is 2.50. The Kier molecular flexibility index (Phi) is 6.96. The second-order valence-corrected chi connectivity index (χ2v) is 4.38. The second kappa shape index (κ2) is 8.72. The fourth-order valence-corrected chi connectivity index (χ4v) is 1.77. The van der Waals surface area contributed by atoms with E-state index in [9.17, 15) is 18.4 Å². The van der Waals surface area contributed by atoms with Crippen LogP contribution in [-0.4, -0.2) is 36.5 Å². The Bertz CT molecular complexity index is 585. The maximum atomic E-state index is 13.2. The molecule has 0 aliphatic rings. The molecule has 0 atom stereocenters. The van der Waals surface area contributed by atoms with Crippen LogP contribution in [0.25, 0.3) is 0 Å². The molecule has 0 spiro atoms. The molecule has 0 radical (unpaired) electrons. The lowest BCUT2D eigenvalue weighted by atomic mass is 10.1. The normalized spacial score (nSPS) is 9.91. The summed E-state index contributed by atoms with van der Waals surface area (Å²) in [7, 11) is 0. The quantitative estimate of drug-likeness (QED) is 0.724. The third kappa shape index (κ3) is 5.13. The minimum atomic E-state index is -1.13. The number of nitrogens with zero attached hydrogens (tertiary/aromatic N) is 2. The standard InChI is InChI=1S/C15H16F2N2O3/c1-2-22-14(20)6-9-19(8-3-7-18)15(21)11-4-5-12(16)13(17)10-11/h4-5,10H,2-3,6,8-9H2,1H3. The maximum absolute atomic E-state index is 13.2. The molecule has 0 saturated carbocycles. The third-order valence-corrected chi connectivity index (χ3v) is 2.84. The Hall–Kier alpha value is -2.49. The Morgan fingerprint density at radius 1 is 1.27 bits per heavy atom. The molecule has 0 heterocycles. The Morgan fingerprint density at radius 2 is 2.00 bits per heavy atom. The van der Waals surface area contributed by atoms with Gasteiger partial charge in [-0.3, -0.25) is 9.59 Å². The van der Waals surface area contributed by atoms with Crippen LogP contribution in [0.3, 0.4) is 0 Å². The lowest BCUT2D eigenvalue weighted by molar-refractivity contribution is -0.143. The number of ether oxygens (including phenoxy) is 1. The highest BCUT2D eigenvalue weighted by Crippen LogP contribution is 2.12. The number of carbonyl (C=O) groups is 2. The van der Waals surface area contributed by atoms with E-state index in [0.717, 1.165) is 18.2 Å². The summed E-state index contributed by atoms with van der Waals surface area (Å²) >= 11 is 0. The molecule has 0 aliphatic heterocycles. The van der Waals surface area contributed by atoms with E-state index < -0.39 is 23.5 Å². The summed E-state index contributed by atoms with van der Waals surface area (Å²) in [5.41, 5.74) is -0.0410. The predicted octanol–water partition coefficient (Wildman–Crippen LogP) is 2.27. The van der Waals surface area contributed by atoms with Crippen molar-refractivity contribution in [3.63, 3.8) is 0 Å². The zero-order valence-corrected chi connectivity index (χ0v) is 12.1. The molecule has 1 aromatic rings. The van der Waals surface area contributed by atoms with Crippen LogP contribution in [0.5, 0.6) is 0 Å². The number of rotatable bonds is 7. The van der Waals surface area contributed by atoms with E-state index in [0.29, 0.717) is 0 Å². The van der Waals surface area contributed by atoms with Crippen LogP contribution < -0.4 is 0 Å². The van der Waals surface area contributed by atoms with Gasteiger partial charge in [-0.15, -0.1) is 0 Å². The fraction of sp³-hybridized carbons (Fsp3) is 0.400. The van der Waals surface area contributed by atoms with Crippen LogP contribution in [0.1, 0.15) is 30.1 Å². The monoisotopic (exact) mass is 310 g/mol. The van der Waals surface area contributed by atoms with Crippen LogP contribution in [0.4, 0.5) is 8.78 Å². The molecule has 22 heavy (non-hydrogen) atoms. The number of carbonyl (C=O) groups excluding carboxylic acids is 2. The van der Waals surface area contributed by atoms with Gasteiger partial charge in [-0.05, 0) is 25.1 Å². The van der Waals surface area contributed by atoms with E-state index in [4.69, 9.17) is 10.00 Å². The topological polar surface area (TPSA) is 70.4 Å². The smallest absolute Gasteiger partial charge is 0.307 e. The van der Waals surface area contributed by atoms with Crippen molar-refractivity contribution in [3.05, 3.63) is 35.4 Å². The van der Waals surface area contributed by atoms with E-state index in [2.05, 4.69) is 0 Å². The van der Waals surface area contributed by atoms with E-state index in [1.54, 1.807) is 6.92 Å². The molecule has 0 aromatic heterocycles. The number of halogens is 2. The zero-order chi connectivity index (χ0) is 16.5. The minimum Gasteiger partial charge on any atom is -0.466 e. The van der Waals surface area contributed by atoms with Crippen LogP contribution in [-0.2, 0) is 9.53 Å². The van der Waals surface area contributed by atoms with Crippen LogP contribution in [0.15, 0.2) is 18.2 Å². The molecule has 0 N–H and O–H groups in total. The van der Waals surface area contributed by atoms with Gasteiger partial charge in [0.15, 0.2) is 11.6 Å². The lowest BCUT2D eigenvalue weighted by Gasteiger charge is -2.21. The van der Waals surface area contributed by atoms with Gasteiger partial charge in [0, 0.05) is 18.7 Å². The van der Waals surface area contributed by atoms with Gasteiger partial charge in [0.2, 0.25) is 0 Å². The Balaban J connectivity index is 2.81. The highest BCUT2D eigenvalue weighted by Gasteiger charge is 2.18. The van der Waals surface area contributed by atoms with Gasteiger partial charge in [0.05, 0.1) is 25.5 Å². The molecule has 1 rings (SSSR count). The van der Waals surface area contributed by atoms with Gasteiger partial charge in [-0.25, -0.2) is 8.78 Å². The molecule has 0 saturated heterocycles. The molecular weight excluding hydrogens is 294 g/mol. The predicted molar refractivity (Wildman–Crippen MR) is 73.7 cm³/mol. The Labute approximate surface area is 127 Å². The molecular formula is C15H16F2N2O3. The summed E-state index contributed by atoms with van der Waals surface area (Å²) in [5, 5.41) is 8.62. The molecule has 5 nitrogen and oxygen atoms in total. The van der Waals surface area contributed by atoms with Crippen molar-refractivity contribution in [1.29, 1.82) is 5.26 Å². The zero-order valence-electron chi connectivity index (χ0n) is 12.1. The van der Waals surface area contributed by atoms with Gasteiger partial charge in [-0.2, -0.15) is 5.26 Å². The molecule has 0 bridgehead atoms. The summed E-state index contributed by atoms with van der Waals surface area (Å²) < 4.78 is 30.9. The number of esters is 1. The number of amides is 1. The van der Waals surface area contributed by atoms with Crippen LogP contribution in [0, 0.1) is 23.0 Å². The molecule has 7 heteroatoms. The van der Waals surface area contributed by atoms with Crippen molar-refractivity contribution in [2.24, 2.45) is 0 Å². The summed E-state index contributed by atoms with van der Waals surface area (Å²) in [6.45, 7) is 2.03. The number of hydrogen-bond acceptors (Lipinski definition) is 4. The minimum absolute atomic E-state index is 0.0331. The van der Waals surface area contributed by atoms with Crippen molar-refractivity contribution in [3.8, 4) is 6.07 Å². The molecule has 1 aromatic carbocycles. The highest BCUT2D eigenvalue weighted by atomic mass is 19.2. The van der Waals surface area contributed by atoms with Crippen LogP contribution in [0.2, 0.25) is 0 Å². The first-order valence-corrected chi connectivity index (χ1v) is 6.76. The fourth-order valence-electron chi connectivity index (χ4n) is 1.77. The van der Waals surface area contributed by atoms with E-state index in [1.807, 2.05) is 6.07 Å². The number of hydrogen-bond donors (Lipinski definition) is 0. The second-order valence-electron chi connectivity index (χ2n) is 4.38. The maximum Gasteiger partial charge on any atom is 0.307 e. The van der Waals surface area contributed by atoms with Crippen LogP contribution >= 0.6 is 0 Å².